The second-order valence-electron chi connectivity index (χ2n) is 4.80. The number of hydrogen-bond acceptors (Lipinski definition) is 3. The lowest BCUT2D eigenvalue weighted by Crippen LogP contribution is -2.33. The highest BCUT2D eigenvalue weighted by molar-refractivity contribution is 7.12. The zero-order chi connectivity index (χ0) is 14.4. The summed E-state index contributed by atoms with van der Waals surface area (Å²) in [5.41, 5.74) is 2.40. The van der Waals surface area contributed by atoms with Crippen LogP contribution in [0.25, 0.3) is 0 Å². The van der Waals surface area contributed by atoms with Crippen molar-refractivity contribution in [2.75, 3.05) is 6.54 Å². The quantitative estimate of drug-likeness (QED) is 0.858. The number of benzene rings is 1. The minimum absolute atomic E-state index is 0.0263. The van der Waals surface area contributed by atoms with Gasteiger partial charge in [0.2, 0.25) is 5.91 Å². The first-order chi connectivity index (χ1) is 9.65. The van der Waals surface area contributed by atoms with Gasteiger partial charge in [-0.1, -0.05) is 30.3 Å². The summed E-state index contributed by atoms with van der Waals surface area (Å²) in [5.74, 6) is 0.0263. The highest BCUT2D eigenvalue weighted by Gasteiger charge is 2.04. The summed E-state index contributed by atoms with van der Waals surface area (Å²) in [6, 6.07) is 12.1. The monoisotopic (exact) mass is 288 g/mol. The standard InChI is InChI=1S/C16H20N2OS/c1-12-8-15(13(2)20-12)10-17-11-16(19)18-9-14-6-4-3-5-7-14/h3-8,17H,9-11H2,1-2H3,(H,18,19). The van der Waals surface area contributed by atoms with Crippen molar-refractivity contribution in [3.05, 3.63) is 57.3 Å². The van der Waals surface area contributed by atoms with Crippen LogP contribution in [0.1, 0.15) is 20.9 Å². The van der Waals surface area contributed by atoms with Crippen LogP contribution in [0.3, 0.4) is 0 Å². The molecule has 1 amide bonds. The van der Waals surface area contributed by atoms with Crippen LogP contribution in [0, 0.1) is 13.8 Å². The average Bonchev–Trinajstić information content (AvgIpc) is 2.76. The molecule has 0 saturated carbocycles. The maximum atomic E-state index is 11.7. The topological polar surface area (TPSA) is 41.1 Å². The third-order valence-electron chi connectivity index (χ3n) is 3.08. The predicted octanol–water partition coefficient (Wildman–Crippen LogP) is 2.77. The lowest BCUT2D eigenvalue weighted by Gasteiger charge is -2.06. The zero-order valence-electron chi connectivity index (χ0n) is 11.9. The normalized spacial score (nSPS) is 10.5. The van der Waals surface area contributed by atoms with Crippen molar-refractivity contribution in [1.82, 2.24) is 10.6 Å². The summed E-state index contributed by atoms with van der Waals surface area (Å²) < 4.78 is 0. The average molecular weight is 288 g/mol. The molecule has 4 heteroatoms. The second-order valence-corrected chi connectivity index (χ2v) is 6.26. The maximum absolute atomic E-state index is 11.7. The van der Waals surface area contributed by atoms with Crippen LogP contribution < -0.4 is 10.6 Å². The molecule has 0 unspecified atom stereocenters. The van der Waals surface area contributed by atoms with Gasteiger partial charge in [-0.2, -0.15) is 0 Å². The summed E-state index contributed by atoms with van der Waals surface area (Å²) in [4.78, 5) is 14.4. The number of carbonyl (C=O) groups is 1. The van der Waals surface area contributed by atoms with Gasteiger partial charge in [-0.25, -0.2) is 0 Å². The van der Waals surface area contributed by atoms with Crippen molar-refractivity contribution in [1.29, 1.82) is 0 Å². The Morgan fingerprint density at radius 1 is 1.15 bits per heavy atom. The Balaban J connectivity index is 1.69. The van der Waals surface area contributed by atoms with E-state index in [9.17, 15) is 4.79 Å². The van der Waals surface area contributed by atoms with Gasteiger partial charge in [0.25, 0.3) is 0 Å². The SMILES string of the molecule is Cc1cc(CNCC(=O)NCc2ccccc2)c(C)s1. The molecule has 3 nitrogen and oxygen atoms in total. The molecule has 1 heterocycles. The fraction of sp³-hybridized carbons (Fsp3) is 0.312. The van der Waals surface area contributed by atoms with E-state index in [-0.39, 0.29) is 5.91 Å². The molecule has 0 bridgehead atoms. The molecule has 2 rings (SSSR count). The number of rotatable bonds is 6. The van der Waals surface area contributed by atoms with Crippen LogP contribution in [0.5, 0.6) is 0 Å². The summed E-state index contributed by atoms with van der Waals surface area (Å²) in [6.07, 6.45) is 0. The van der Waals surface area contributed by atoms with Gasteiger partial charge >= 0.3 is 0 Å². The maximum Gasteiger partial charge on any atom is 0.234 e. The smallest absolute Gasteiger partial charge is 0.234 e. The summed E-state index contributed by atoms with van der Waals surface area (Å²) in [7, 11) is 0. The molecule has 1 aromatic carbocycles. The third kappa shape index (κ3) is 4.47. The summed E-state index contributed by atoms with van der Waals surface area (Å²) >= 11 is 1.80. The summed E-state index contributed by atoms with van der Waals surface area (Å²) in [6.45, 7) is 5.89. The molecular formula is C16H20N2OS. The van der Waals surface area contributed by atoms with E-state index < -0.39 is 0 Å². The van der Waals surface area contributed by atoms with E-state index in [2.05, 4.69) is 30.5 Å². The fourth-order valence-electron chi connectivity index (χ4n) is 2.03. The lowest BCUT2D eigenvalue weighted by atomic mass is 10.2. The molecule has 0 aliphatic carbocycles. The number of amides is 1. The Morgan fingerprint density at radius 3 is 2.55 bits per heavy atom. The van der Waals surface area contributed by atoms with Crippen LogP contribution >= 0.6 is 11.3 Å². The highest BCUT2D eigenvalue weighted by Crippen LogP contribution is 2.19. The van der Waals surface area contributed by atoms with Gasteiger partial charge in [0.1, 0.15) is 0 Å². The van der Waals surface area contributed by atoms with Gasteiger partial charge in [0.15, 0.2) is 0 Å². The van der Waals surface area contributed by atoms with Crippen molar-refractivity contribution in [2.45, 2.75) is 26.9 Å². The van der Waals surface area contributed by atoms with Crippen LogP contribution in [0.4, 0.5) is 0 Å². The number of carbonyl (C=O) groups excluding carboxylic acids is 1. The molecule has 106 valence electrons. The van der Waals surface area contributed by atoms with Crippen LogP contribution in [-0.4, -0.2) is 12.5 Å². The van der Waals surface area contributed by atoms with Crippen molar-refractivity contribution in [2.24, 2.45) is 0 Å². The molecule has 2 aromatic rings. The minimum atomic E-state index is 0.0263. The Morgan fingerprint density at radius 2 is 1.90 bits per heavy atom. The number of thiophene rings is 1. The molecule has 0 radical (unpaired) electrons. The second kappa shape index (κ2) is 7.22. The molecule has 0 atom stereocenters. The van der Waals surface area contributed by atoms with Crippen molar-refractivity contribution >= 4 is 17.2 Å². The molecule has 0 saturated heterocycles. The summed E-state index contributed by atoms with van der Waals surface area (Å²) in [5, 5.41) is 6.09. The van der Waals surface area contributed by atoms with Gasteiger partial charge in [-0.3, -0.25) is 4.79 Å². The molecule has 1 aromatic heterocycles. The fourth-order valence-corrected chi connectivity index (χ4v) is 2.98. The third-order valence-corrected chi connectivity index (χ3v) is 4.09. The van der Waals surface area contributed by atoms with E-state index in [4.69, 9.17) is 0 Å². The van der Waals surface area contributed by atoms with Crippen molar-refractivity contribution in [3.63, 3.8) is 0 Å². The Hall–Kier alpha value is -1.65. The van der Waals surface area contributed by atoms with E-state index in [1.165, 1.54) is 15.3 Å². The minimum Gasteiger partial charge on any atom is -0.351 e. The molecule has 20 heavy (non-hydrogen) atoms. The molecule has 0 fully saturated rings. The van der Waals surface area contributed by atoms with Gasteiger partial charge < -0.3 is 10.6 Å². The molecular weight excluding hydrogens is 268 g/mol. The first kappa shape index (κ1) is 14.8. The van der Waals surface area contributed by atoms with Gasteiger partial charge in [0, 0.05) is 22.8 Å². The Kier molecular flexibility index (Phi) is 5.32. The van der Waals surface area contributed by atoms with E-state index in [1.807, 2.05) is 30.3 Å². The number of nitrogens with one attached hydrogen (secondary N) is 2. The zero-order valence-corrected chi connectivity index (χ0v) is 12.7. The van der Waals surface area contributed by atoms with E-state index in [0.29, 0.717) is 13.1 Å². The van der Waals surface area contributed by atoms with Crippen molar-refractivity contribution in [3.8, 4) is 0 Å². The van der Waals surface area contributed by atoms with Gasteiger partial charge in [-0.15, -0.1) is 11.3 Å². The van der Waals surface area contributed by atoms with E-state index in [1.54, 1.807) is 11.3 Å². The van der Waals surface area contributed by atoms with Crippen LogP contribution in [0.2, 0.25) is 0 Å². The Labute approximate surface area is 124 Å². The number of hydrogen-bond donors (Lipinski definition) is 2. The predicted molar refractivity (Wildman–Crippen MR) is 83.8 cm³/mol. The molecule has 0 aliphatic heterocycles. The van der Waals surface area contributed by atoms with Crippen molar-refractivity contribution < 1.29 is 4.79 Å². The van der Waals surface area contributed by atoms with E-state index in [0.717, 1.165) is 12.1 Å². The van der Waals surface area contributed by atoms with Gasteiger partial charge in [0.05, 0.1) is 6.54 Å². The van der Waals surface area contributed by atoms with Crippen LogP contribution in [0.15, 0.2) is 36.4 Å². The molecule has 0 spiro atoms. The number of aryl methyl sites for hydroxylation is 2. The van der Waals surface area contributed by atoms with Crippen LogP contribution in [-0.2, 0) is 17.9 Å². The van der Waals surface area contributed by atoms with E-state index >= 15 is 0 Å². The first-order valence-corrected chi connectivity index (χ1v) is 7.54. The van der Waals surface area contributed by atoms with Gasteiger partial charge in [-0.05, 0) is 31.0 Å². The first-order valence-electron chi connectivity index (χ1n) is 6.72. The largest absolute Gasteiger partial charge is 0.351 e. The molecule has 2 N–H and O–H groups in total. The Bertz CT molecular complexity index is 563. The highest BCUT2D eigenvalue weighted by atomic mass is 32.1. The molecule has 0 aliphatic rings. The lowest BCUT2D eigenvalue weighted by molar-refractivity contribution is -0.120.